The monoisotopic (exact) mass is 568 g/mol. The Labute approximate surface area is 243 Å². The summed E-state index contributed by atoms with van der Waals surface area (Å²) in [4.78, 5) is 39.2. The number of non-ortho nitro benzene ring substituents is 1. The van der Waals surface area contributed by atoms with Crippen LogP contribution in [0.3, 0.4) is 0 Å². The first-order chi connectivity index (χ1) is 20.3. The van der Waals surface area contributed by atoms with Gasteiger partial charge in [0, 0.05) is 30.5 Å². The third kappa shape index (κ3) is 4.78. The van der Waals surface area contributed by atoms with Crippen LogP contribution in [0, 0.1) is 27.9 Å². The van der Waals surface area contributed by atoms with E-state index in [9.17, 15) is 24.8 Å². The average molecular weight is 569 g/mol. The van der Waals surface area contributed by atoms with Crippen molar-refractivity contribution in [2.45, 2.75) is 32.3 Å². The van der Waals surface area contributed by atoms with Crippen LogP contribution >= 0.6 is 0 Å². The van der Waals surface area contributed by atoms with E-state index in [1.165, 1.54) is 18.2 Å². The zero-order valence-corrected chi connectivity index (χ0v) is 23.5. The number of hydrogen-bond acceptors (Lipinski definition) is 7. The first kappa shape index (κ1) is 27.8. The van der Waals surface area contributed by atoms with Gasteiger partial charge in [0.2, 0.25) is 11.8 Å². The molecule has 2 aliphatic heterocycles. The molecule has 2 fully saturated rings. The van der Waals surface area contributed by atoms with Crippen LogP contribution in [0.1, 0.15) is 31.7 Å². The SMILES string of the molecule is COCC1=C2[C@@H](CC/C(C)=C/c3ccc(O)c4ccccc34)OC[C@@H]2[C@@H]2C(=O)N(c3cccc([N+](=O)[O-])c3)C(=O)[C@@H]2C1. The molecule has 42 heavy (non-hydrogen) atoms. The van der Waals surface area contributed by atoms with Gasteiger partial charge in [-0.25, -0.2) is 4.90 Å². The molecule has 0 saturated carbocycles. The number of aromatic hydroxyl groups is 1. The highest BCUT2D eigenvalue weighted by atomic mass is 16.6. The number of benzene rings is 3. The van der Waals surface area contributed by atoms with Crippen molar-refractivity contribution in [3.8, 4) is 5.75 Å². The van der Waals surface area contributed by atoms with E-state index in [0.29, 0.717) is 26.1 Å². The van der Waals surface area contributed by atoms with Gasteiger partial charge in [-0.3, -0.25) is 19.7 Å². The molecular weight excluding hydrogens is 536 g/mol. The minimum absolute atomic E-state index is 0.171. The fraction of sp³-hybridized carbons (Fsp3) is 0.333. The number of carbonyl (C=O) groups excluding carboxylic acids is 2. The number of allylic oxidation sites excluding steroid dienone is 1. The van der Waals surface area contributed by atoms with Gasteiger partial charge in [-0.2, -0.15) is 0 Å². The number of phenolic OH excluding ortho intramolecular Hbond substituents is 1. The van der Waals surface area contributed by atoms with Crippen molar-refractivity contribution in [3.63, 3.8) is 0 Å². The standard InChI is InChI=1S/C33H32N2O7/c1-19(14-20-11-12-28(36)25-9-4-3-8-24(20)25)10-13-29-30-21(17-41-2)15-26-31(27(30)18-42-29)33(38)34(32(26)37)22-6-5-7-23(16-22)35(39)40/h3-9,11-12,14,16,26-27,29,31,36H,10,13,15,17-18H2,1-2H3/b19-14+/t26-,27+,29-,31-/m1/s1. The number of carbonyl (C=O) groups is 2. The molecule has 4 atom stereocenters. The minimum Gasteiger partial charge on any atom is -0.507 e. The third-order valence-corrected chi connectivity index (χ3v) is 8.76. The van der Waals surface area contributed by atoms with Gasteiger partial charge in [0.05, 0.1) is 41.8 Å². The van der Waals surface area contributed by atoms with E-state index in [4.69, 9.17) is 9.47 Å². The molecule has 2 saturated heterocycles. The average Bonchev–Trinajstić information content (AvgIpc) is 3.52. The van der Waals surface area contributed by atoms with Gasteiger partial charge < -0.3 is 14.6 Å². The summed E-state index contributed by atoms with van der Waals surface area (Å²) < 4.78 is 11.8. The van der Waals surface area contributed by atoms with Gasteiger partial charge in [0.25, 0.3) is 5.69 Å². The van der Waals surface area contributed by atoms with Crippen LogP contribution in [0.2, 0.25) is 0 Å². The van der Waals surface area contributed by atoms with Crippen molar-refractivity contribution in [2.75, 3.05) is 25.2 Å². The molecular formula is C33H32N2O7. The number of phenols is 1. The molecule has 0 aromatic heterocycles. The number of ether oxygens (including phenoxy) is 2. The van der Waals surface area contributed by atoms with E-state index in [1.54, 1.807) is 19.2 Å². The summed E-state index contributed by atoms with van der Waals surface area (Å²) in [6.07, 6.45) is 3.80. The maximum absolute atomic E-state index is 13.7. The van der Waals surface area contributed by atoms with Crippen LogP contribution < -0.4 is 4.90 Å². The van der Waals surface area contributed by atoms with Gasteiger partial charge >= 0.3 is 0 Å². The molecule has 3 aliphatic rings. The molecule has 1 N–H and O–H groups in total. The van der Waals surface area contributed by atoms with E-state index >= 15 is 0 Å². The van der Waals surface area contributed by atoms with Gasteiger partial charge in [0.15, 0.2) is 0 Å². The smallest absolute Gasteiger partial charge is 0.271 e. The Kier molecular flexibility index (Phi) is 7.38. The van der Waals surface area contributed by atoms with E-state index < -0.39 is 16.8 Å². The Bertz CT molecular complexity index is 1660. The number of anilines is 1. The summed E-state index contributed by atoms with van der Waals surface area (Å²) in [7, 11) is 1.62. The van der Waals surface area contributed by atoms with Crippen LogP contribution in [0.5, 0.6) is 5.75 Å². The van der Waals surface area contributed by atoms with E-state index in [1.807, 2.05) is 30.3 Å². The maximum Gasteiger partial charge on any atom is 0.271 e. The Balaban J connectivity index is 1.24. The van der Waals surface area contributed by atoms with Crippen LogP contribution in [-0.2, 0) is 19.1 Å². The molecule has 0 bridgehead atoms. The van der Waals surface area contributed by atoms with Crippen molar-refractivity contribution >= 4 is 40.0 Å². The summed E-state index contributed by atoms with van der Waals surface area (Å²) in [6, 6.07) is 17.1. The second-order valence-corrected chi connectivity index (χ2v) is 11.3. The van der Waals surface area contributed by atoms with Crippen molar-refractivity contribution in [1.29, 1.82) is 0 Å². The Morgan fingerprint density at radius 3 is 2.64 bits per heavy atom. The number of amides is 2. The number of hydrogen-bond donors (Lipinski definition) is 1. The highest BCUT2D eigenvalue weighted by molar-refractivity contribution is 6.22. The first-order valence-corrected chi connectivity index (χ1v) is 14.1. The Morgan fingerprint density at radius 2 is 1.88 bits per heavy atom. The summed E-state index contributed by atoms with van der Waals surface area (Å²) in [5, 5.41) is 23.4. The lowest BCUT2D eigenvalue weighted by atomic mass is 9.69. The van der Waals surface area contributed by atoms with E-state index in [0.717, 1.165) is 44.4 Å². The molecule has 1 aliphatic carbocycles. The maximum atomic E-state index is 13.7. The van der Waals surface area contributed by atoms with Crippen LogP contribution in [0.25, 0.3) is 16.8 Å². The molecule has 0 spiro atoms. The largest absolute Gasteiger partial charge is 0.507 e. The Morgan fingerprint density at radius 1 is 1.10 bits per heavy atom. The second kappa shape index (κ2) is 11.2. The molecule has 2 heterocycles. The summed E-state index contributed by atoms with van der Waals surface area (Å²) in [5.41, 5.74) is 4.30. The quantitative estimate of drug-likeness (QED) is 0.158. The molecule has 2 amide bonds. The highest BCUT2D eigenvalue weighted by Gasteiger charge is 2.57. The third-order valence-electron chi connectivity index (χ3n) is 8.76. The number of nitrogens with zero attached hydrogens (tertiary/aromatic N) is 2. The predicted molar refractivity (Wildman–Crippen MR) is 158 cm³/mol. The molecule has 6 rings (SSSR count). The van der Waals surface area contributed by atoms with Crippen molar-refractivity contribution in [3.05, 3.63) is 93.1 Å². The summed E-state index contributed by atoms with van der Waals surface area (Å²) >= 11 is 0. The minimum atomic E-state index is -0.572. The lowest BCUT2D eigenvalue weighted by molar-refractivity contribution is -0.384. The predicted octanol–water partition coefficient (Wildman–Crippen LogP) is 5.80. The first-order valence-electron chi connectivity index (χ1n) is 14.1. The normalized spacial score (nSPS) is 24.0. The summed E-state index contributed by atoms with van der Waals surface area (Å²) in [5.74, 6) is -1.78. The van der Waals surface area contributed by atoms with Gasteiger partial charge in [-0.15, -0.1) is 0 Å². The van der Waals surface area contributed by atoms with Crippen molar-refractivity contribution in [1.82, 2.24) is 0 Å². The van der Waals surface area contributed by atoms with Crippen LogP contribution in [-0.4, -0.2) is 48.3 Å². The fourth-order valence-corrected chi connectivity index (χ4v) is 6.91. The van der Waals surface area contributed by atoms with Gasteiger partial charge in [0.1, 0.15) is 5.75 Å². The number of rotatable bonds is 8. The second-order valence-electron chi connectivity index (χ2n) is 11.3. The lowest BCUT2D eigenvalue weighted by Gasteiger charge is -2.31. The molecule has 0 radical (unpaired) electrons. The van der Waals surface area contributed by atoms with Crippen LogP contribution in [0.4, 0.5) is 11.4 Å². The number of nitro benzene ring substituents is 1. The van der Waals surface area contributed by atoms with Crippen molar-refractivity contribution in [2.24, 2.45) is 17.8 Å². The molecule has 9 nitrogen and oxygen atoms in total. The molecule has 216 valence electrons. The molecule has 3 aromatic rings. The van der Waals surface area contributed by atoms with Gasteiger partial charge in [-0.1, -0.05) is 48.0 Å². The lowest BCUT2D eigenvalue weighted by Crippen LogP contribution is -2.35. The van der Waals surface area contributed by atoms with Gasteiger partial charge in [-0.05, 0) is 60.4 Å². The molecule has 3 aromatic carbocycles. The topological polar surface area (TPSA) is 119 Å². The number of fused-ring (bicyclic) bond motifs is 4. The highest BCUT2D eigenvalue weighted by Crippen LogP contribution is 2.50. The number of methoxy groups -OCH3 is 1. The van der Waals surface area contributed by atoms with E-state index in [-0.39, 0.29) is 41.0 Å². The van der Waals surface area contributed by atoms with E-state index in [2.05, 4.69) is 13.0 Å². The summed E-state index contributed by atoms with van der Waals surface area (Å²) in [6.45, 7) is 2.76. The zero-order valence-electron chi connectivity index (χ0n) is 23.5. The zero-order chi connectivity index (χ0) is 29.5. The fourth-order valence-electron chi connectivity index (χ4n) is 6.91. The van der Waals surface area contributed by atoms with Crippen molar-refractivity contribution < 1.29 is 29.1 Å². The Hall–Kier alpha value is -4.34. The molecule has 9 heteroatoms. The molecule has 0 unspecified atom stereocenters. The number of nitro groups is 1. The number of imide groups is 1. The van der Waals surface area contributed by atoms with Crippen LogP contribution in [0.15, 0.2) is 77.4 Å².